The molecule has 2 aliphatic rings. The van der Waals surface area contributed by atoms with E-state index in [-0.39, 0.29) is 11.9 Å². The van der Waals surface area contributed by atoms with Crippen LogP contribution in [0.15, 0.2) is 23.4 Å². The highest BCUT2D eigenvalue weighted by atomic mass is 16.2. The summed E-state index contributed by atoms with van der Waals surface area (Å²) in [7, 11) is 0. The molecule has 0 radical (unpaired) electrons. The van der Waals surface area contributed by atoms with Gasteiger partial charge in [-0.25, -0.2) is 10.2 Å². The Morgan fingerprint density at radius 3 is 2.92 bits per heavy atom. The quantitative estimate of drug-likeness (QED) is 0.691. The van der Waals surface area contributed by atoms with Crippen molar-refractivity contribution < 1.29 is 9.59 Å². The highest BCUT2D eigenvalue weighted by molar-refractivity contribution is 6.15. The Balaban J connectivity index is 1.49. The molecule has 0 spiro atoms. The van der Waals surface area contributed by atoms with Crippen LogP contribution in [0, 0.1) is 5.92 Å². The largest absolute Gasteiger partial charge is 0.360 e. The molecule has 7 nitrogen and oxygen atoms in total. The third-order valence-electron chi connectivity index (χ3n) is 4.96. The van der Waals surface area contributed by atoms with Gasteiger partial charge in [-0.1, -0.05) is 19.3 Å². The van der Waals surface area contributed by atoms with E-state index in [0.29, 0.717) is 23.7 Å². The molecule has 0 unspecified atom stereocenters. The predicted octanol–water partition coefficient (Wildman–Crippen LogP) is 2.95. The smallest absolute Gasteiger partial charge is 0.319 e. The zero-order valence-electron chi connectivity index (χ0n) is 13.9. The number of anilines is 1. The maximum atomic E-state index is 12.2. The normalized spacial score (nSPS) is 17.2. The topological polar surface area (TPSA) is 98.4 Å². The number of hydrogen-bond donors (Lipinski definition) is 4. The fraction of sp³-hybridized carbons (Fsp3) is 0.389. The summed E-state index contributed by atoms with van der Waals surface area (Å²) in [6.45, 7) is 0.696. The molecular weight excluding hydrogens is 318 g/mol. The molecule has 1 aromatic heterocycles. The molecule has 130 valence electrons. The van der Waals surface area contributed by atoms with Gasteiger partial charge in [0, 0.05) is 34.9 Å². The number of hydrogen-bond acceptors (Lipinski definition) is 3. The second-order valence-electron chi connectivity index (χ2n) is 6.73. The van der Waals surface area contributed by atoms with Crippen molar-refractivity contribution in [2.45, 2.75) is 32.1 Å². The van der Waals surface area contributed by atoms with Crippen LogP contribution in [-0.2, 0) is 0 Å². The van der Waals surface area contributed by atoms with E-state index >= 15 is 0 Å². The number of benzene rings is 1. The number of aromatic nitrogens is 1. The van der Waals surface area contributed by atoms with Crippen LogP contribution >= 0.6 is 0 Å². The van der Waals surface area contributed by atoms with Crippen LogP contribution in [-0.4, -0.2) is 29.7 Å². The van der Waals surface area contributed by atoms with Crippen LogP contribution in [0.4, 0.5) is 10.5 Å². The van der Waals surface area contributed by atoms with Gasteiger partial charge in [0.05, 0.1) is 11.8 Å². The van der Waals surface area contributed by atoms with Crippen LogP contribution in [0.2, 0.25) is 0 Å². The lowest BCUT2D eigenvalue weighted by Crippen LogP contribution is -2.33. The molecule has 0 atom stereocenters. The van der Waals surface area contributed by atoms with Gasteiger partial charge in [-0.3, -0.25) is 4.79 Å². The maximum absolute atomic E-state index is 12.2. The minimum atomic E-state index is -0.286. The van der Waals surface area contributed by atoms with Gasteiger partial charge < -0.3 is 15.6 Å². The Bertz CT molecular complexity index is 849. The van der Waals surface area contributed by atoms with Gasteiger partial charge >= 0.3 is 6.03 Å². The summed E-state index contributed by atoms with van der Waals surface area (Å²) in [4.78, 5) is 27.5. The molecule has 0 saturated heterocycles. The second-order valence-corrected chi connectivity index (χ2v) is 6.73. The molecule has 1 aromatic carbocycles. The van der Waals surface area contributed by atoms with Crippen molar-refractivity contribution in [3.63, 3.8) is 0 Å². The van der Waals surface area contributed by atoms with Gasteiger partial charge in [-0.05, 0) is 30.9 Å². The molecule has 1 fully saturated rings. The first-order chi connectivity index (χ1) is 12.2. The van der Waals surface area contributed by atoms with Gasteiger partial charge in [0.1, 0.15) is 0 Å². The molecule has 4 N–H and O–H groups in total. The maximum Gasteiger partial charge on any atom is 0.319 e. The SMILES string of the molecule is O=C(NCC1CCCCC1)Nc1cc2c3c(c[nH]c3c1)C=NNC2=O. The van der Waals surface area contributed by atoms with E-state index in [4.69, 9.17) is 0 Å². The number of carbonyl (C=O) groups is 2. The number of nitrogens with zero attached hydrogens (tertiary/aromatic N) is 1. The van der Waals surface area contributed by atoms with Gasteiger partial charge in [0.2, 0.25) is 0 Å². The van der Waals surface area contributed by atoms with Gasteiger partial charge in [0.15, 0.2) is 0 Å². The summed E-state index contributed by atoms with van der Waals surface area (Å²) in [6.07, 6.45) is 9.57. The zero-order valence-corrected chi connectivity index (χ0v) is 13.9. The third kappa shape index (κ3) is 3.22. The number of H-pyrrole nitrogens is 1. The van der Waals surface area contributed by atoms with E-state index in [2.05, 4.69) is 26.1 Å². The van der Waals surface area contributed by atoms with Crippen molar-refractivity contribution in [2.24, 2.45) is 11.0 Å². The molecule has 7 heteroatoms. The van der Waals surface area contributed by atoms with Gasteiger partial charge in [0.25, 0.3) is 5.91 Å². The second kappa shape index (κ2) is 6.58. The lowest BCUT2D eigenvalue weighted by Gasteiger charge is -2.21. The first-order valence-electron chi connectivity index (χ1n) is 8.74. The van der Waals surface area contributed by atoms with Crippen molar-refractivity contribution in [3.05, 3.63) is 29.5 Å². The summed E-state index contributed by atoms with van der Waals surface area (Å²) >= 11 is 0. The van der Waals surface area contributed by atoms with Crippen LogP contribution < -0.4 is 16.1 Å². The lowest BCUT2D eigenvalue weighted by molar-refractivity contribution is 0.0957. The van der Waals surface area contributed by atoms with Crippen molar-refractivity contribution in [1.29, 1.82) is 0 Å². The van der Waals surface area contributed by atoms with Gasteiger partial charge in [-0.2, -0.15) is 5.10 Å². The average molecular weight is 339 g/mol. The van der Waals surface area contributed by atoms with Crippen molar-refractivity contribution in [3.8, 4) is 0 Å². The van der Waals surface area contributed by atoms with Gasteiger partial charge in [-0.15, -0.1) is 0 Å². The van der Waals surface area contributed by atoms with Crippen molar-refractivity contribution in [1.82, 2.24) is 15.7 Å². The van der Waals surface area contributed by atoms with Crippen LogP contribution in [0.5, 0.6) is 0 Å². The number of urea groups is 1. The molecular formula is C18H21N5O2. The number of rotatable bonds is 3. The van der Waals surface area contributed by atoms with E-state index in [0.717, 1.165) is 16.5 Å². The number of aromatic amines is 1. The van der Waals surface area contributed by atoms with E-state index in [1.165, 1.54) is 32.1 Å². The number of amides is 3. The Morgan fingerprint density at radius 1 is 1.24 bits per heavy atom. The highest BCUT2D eigenvalue weighted by Crippen LogP contribution is 2.27. The summed E-state index contributed by atoms with van der Waals surface area (Å²) in [6, 6.07) is 3.27. The number of hydrazone groups is 1. The Morgan fingerprint density at radius 2 is 2.08 bits per heavy atom. The van der Waals surface area contributed by atoms with Crippen LogP contribution in [0.3, 0.4) is 0 Å². The molecule has 2 heterocycles. The van der Waals surface area contributed by atoms with E-state index in [9.17, 15) is 9.59 Å². The molecule has 1 aliphatic carbocycles. The minimum Gasteiger partial charge on any atom is -0.360 e. The van der Waals surface area contributed by atoms with Crippen molar-refractivity contribution >= 4 is 34.7 Å². The summed E-state index contributed by atoms with van der Waals surface area (Å²) in [5.41, 5.74) is 5.18. The monoisotopic (exact) mass is 339 g/mol. The Labute approximate surface area is 145 Å². The molecule has 4 rings (SSSR count). The summed E-state index contributed by atoms with van der Waals surface area (Å²) in [5, 5.41) is 10.5. The minimum absolute atomic E-state index is 0.241. The fourth-order valence-electron chi connectivity index (χ4n) is 3.67. The molecule has 3 amide bonds. The first-order valence-corrected chi connectivity index (χ1v) is 8.74. The Hall–Kier alpha value is -2.83. The molecule has 1 aliphatic heterocycles. The molecule has 2 aromatic rings. The molecule has 0 bridgehead atoms. The predicted molar refractivity (Wildman–Crippen MR) is 97.0 cm³/mol. The number of nitrogens with one attached hydrogen (secondary N) is 4. The average Bonchev–Trinajstić information content (AvgIpc) is 2.95. The Kier molecular flexibility index (Phi) is 4.13. The van der Waals surface area contributed by atoms with Crippen molar-refractivity contribution in [2.75, 3.05) is 11.9 Å². The zero-order chi connectivity index (χ0) is 17.2. The highest BCUT2D eigenvalue weighted by Gasteiger charge is 2.19. The first kappa shape index (κ1) is 15.7. The van der Waals surface area contributed by atoms with Crippen LogP contribution in [0.1, 0.15) is 48.0 Å². The van der Waals surface area contributed by atoms with E-state index in [1.54, 1.807) is 18.5 Å². The molecule has 25 heavy (non-hydrogen) atoms. The number of carbonyl (C=O) groups excluding carboxylic acids is 2. The summed E-state index contributed by atoms with van der Waals surface area (Å²) < 4.78 is 0. The standard InChI is InChI=1S/C18H21N5O2/c24-17-14-6-13(7-15-16(14)12(9-19-15)10-21-23-17)22-18(25)20-8-11-4-2-1-3-5-11/h6-7,9-11,19H,1-5,8H2,(H,23,24)(H2,20,22,25). The fourth-order valence-corrected chi connectivity index (χ4v) is 3.67. The summed E-state index contributed by atoms with van der Waals surface area (Å²) in [5.74, 6) is 0.284. The lowest BCUT2D eigenvalue weighted by atomic mass is 9.89. The van der Waals surface area contributed by atoms with Crippen LogP contribution in [0.25, 0.3) is 10.9 Å². The molecule has 1 saturated carbocycles. The van der Waals surface area contributed by atoms with E-state index < -0.39 is 0 Å². The van der Waals surface area contributed by atoms with E-state index in [1.807, 2.05) is 6.07 Å². The third-order valence-corrected chi connectivity index (χ3v) is 4.96.